The average Bonchev–Trinajstić information content (AvgIpc) is 2.28. The molecule has 110 valence electrons. The molecule has 0 aliphatic rings. The number of aromatic amines is 1. The minimum absolute atomic E-state index is 0.0470. The summed E-state index contributed by atoms with van der Waals surface area (Å²) in [6.07, 6.45) is 0.662. The Kier molecular flexibility index (Phi) is 4.90. The molecule has 0 spiro atoms. The number of carboxylic acid groups (broad SMARTS) is 1. The average molecular weight is 282 g/mol. The van der Waals surface area contributed by atoms with Crippen molar-refractivity contribution >= 4 is 12.1 Å². The number of hydrogen-bond acceptors (Lipinski definition) is 4. The highest BCUT2D eigenvalue weighted by molar-refractivity contribution is 5.80. The van der Waals surface area contributed by atoms with Gasteiger partial charge in [0.2, 0.25) is 5.56 Å². The third kappa shape index (κ3) is 5.55. The first kappa shape index (κ1) is 15.7. The van der Waals surface area contributed by atoms with Gasteiger partial charge in [0.25, 0.3) is 0 Å². The van der Waals surface area contributed by atoms with E-state index in [1.165, 1.54) is 18.3 Å². The number of aliphatic carboxylic acids is 1. The first-order valence-corrected chi connectivity index (χ1v) is 6.07. The number of pyridine rings is 1. The van der Waals surface area contributed by atoms with Crippen molar-refractivity contribution in [2.75, 3.05) is 0 Å². The lowest BCUT2D eigenvalue weighted by Crippen LogP contribution is -2.44. The molecule has 20 heavy (non-hydrogen) atoms. The molecule has 0 radical (unpaired) electrons. The number of H-pyrrole nitrogens is 1. The molecule has 0 saturated heterocycles. The number of hydrogen-bond donors (Lipinski definition) is 3. The first-order chi connectivity index (χ1) is 9.17. The summed E-state index contributed by atoms with van der Waals surface area (Å²) in [6.45, 7) is 5.05. The summed E-state index contributed by atoms with van der Waals surface area (Å²) < 4.78 is 5.00. The second-order valence-corrected chi connectivity index (χ2v) is 5.30. The maximum Gasteiger partial charge on any atom is 0.408 e. The maximum atomic E-state index is 11.6. The normalized spacial score (nSPS) is 12.6. The minimum Gasteiger partial charge on any atom is -0.480 e. The molecule has 1 aromatic heterocycles. The quantitative estimate of drug-likeness (QED) is 0.760. The molecular formula is C13H18N2O5. The zero-order valence-corrected chi connectivity index (χ0v) is 11.6. The Morgan fingerprint density at radius 2 is 2.05 bits per heavy atom. The molecule has 1 heterocycles. The predicted octanol–water partition coefficient (Wildman–Crippen LogP) is 0.895. The highest BCUT2D eigenvalue weighted by atomic mass is 16.6. The number of carbonyl (C=O) groups excluding carboxylic acids is 1. The van der Waals surface area contributed by atoms with Gasteiger partial charge in [-0.2, -0.15) is 0 Å². The number of carbonyl (C=O) groups is 2. The second kappa shape index (κ2) is 6.23. The summed E-state index contributed by atoms with van der Waals surface area (Å²) in [5, 5.41) is 11.4. The van der Waals surface area contributed by atoms with Gasteiger partial charge in [0.1, 0.15) is 11.6 Å². The summed E-state index contributed by atoms with van der Waals surface area (Å²) in [5.41, 5.74) is -0.390. The molecule has 3 N–H and O–H groups in total. The molecule has 1 aromatic rings. The van der Waals surface area contributed by atoms with Crippen LogP contribution in [0.25, 0.3) is 0 Å². The summed E-state index contributed by atoms with van der Waals surface area (Å²) >= 11 is 0. The van der Waals surface area contributed by atoms with E-state index in [9.17, 15) is 14.4 Å². The third-order valence-electron chi connectivity index (χ3n) is 2.28. The lowest BCUT2D eigenvalue weighted by Gasteiger charge is -2.22. The Morgan fingerprint density at radius 3 is 2.50 bits per heavy atom. The lowest BCUT2D eigenvalue weighted by molar-refractivity contribution is -0.139. The van der Waals surface area contributed by atoms with Crippen LogP contribution in [0.5, 0.6) is 0 Å². The van der Waals surface area contributed by atoms with E-state index in [0.717, 1.165) is 0 Å². The van der Waals surface area contributed by atoms with Gasteiger partial charge in [0, 0.05) is 18.7 Å². The van der Waals surface area contributed by atoms with Gasteiger partial charge in [-0.15, -0.1) is 0 Å². The Hall–Kier alpha value is -2.31. The van der Waals surface area contributed by atoms with Crippen LogP contribution in [0.2, 0.25) is 0 Å². The van der Waals surface area contributed by atoms with E-state index in [2.05, 4.69) is 10.3 Å². The van der Waals surface area contributed by atoms with Crippen LogP contribution in [0.1, 0.15) is 26.3 Å². The van der Waals surface area contributed by atoms with Crippen molar-refractivity contribution in [3.8, 4) is 0 Å². The van der Waals surface area contributed by atoms with E-state index in [0.29, 0.717) is 5.56 Å². The molecule has 0 unspecified atom stereocenters. The molecule has 1 rings (SSSR count). The minimum atomic E-state index is -1.18. The van der Waals surface area contributed by atoms with Crippen molar-refractivity contribution in [1.82, 2.24) is 10.3 Å². The van der Waals surface area contributed by atoms with Gasteiger partial charge >= 0.3 is 12.1 Å². The van der Waals surface area contributed by atoms with Crippen LogP contribution in [0.4, 0.5) is 4.79 Å². The largest absolute Gasteiger partial charge is 0.480 e. The van der Waals surface area contributed by atoms with Crippen molar-refractivity contribution in [2.45, 2.75) is 38.8 Å². The summed E-state index contributed by atoms with van der Waals surface area (Å²) in [5.74, 6) is -1.18. The molecule has 0 fully saturated rings. The fourth-order valence-corrected chi connectivity index (χ4v) is 1.46. The zero-order chi connectivity index (χ0) is 15.3. The fraction of sp³-hybridized carbons (Fsp3) is 0.462. The van der Waals surface area contributed by atoms with Crippen LogP contribution in [0, 0.1) is 0 Å². The van der Waals surface area contributed by atoms with E-state index in [1.807, 2.05) is 0 Å². The molecule has 0 bridgehead atoms. The summed E-state index contributed by atoms with van der Waals surface area (Å²) in [7, 11) is 0. The molecule has 7 heteroatoms. The smallest absolute Gasteiger partial charge is 0.408 e. The van der Waals surface area contributed by atoms with Crippen molar-refractivity contribution < 1.29 is 19.4 Å². The van der Waals surface area contributed by atoms with Crippen LogP contribution < -0.4 is 10.9 Å². The Morgan fingerprint density at radius 1 is 1.40 bits per heavy atom. The number of aromatic nitrogens is 1. The van der Waals surface area contributed by atoms with Crippen molar-refractivity contribution in [3.63, 3.8) is 0 Å². The fourth-order valence-electron chi connectivity index (χ4n) is 1.46. The van der Waals surface area contributed by atoms with Crippen LogP contribution in [0.15, 0.2) is 23.1 Å². The van der Waals surface area contributed by atoms with E-state index in [-0.39, 0.29) is 12.0 Å². The SMILES string of the molecule is CC(C)(C)OC(=O)N[C@@H](Cc1ccc(=O)[nH]c1)C(=O)O. The highest BCUT2D eigenvalue weighted by Gasteiger charge is 2.24. The maximum absolute atomic E-state index is 11.6. The van der Waals surface area contributed by atoms with Crippen LogP contribution in [-0.4, -0.2) is 33.8 Å². The highest BCUT2D eigenvalue weighted by Crippen LogP contribution is 2.08. The van der Waals surface area contributed by atoms with E-state index < -0.39 is 23.7 Å². The van der Waals surface area contributed by atoms with E-state index in [4.69, 9.17) is 9.84 Å². The monoisotopic (exact) mass is 282 g/mol. The van der Waals surface area contributed by atoms with Gasteiger partial charge < -0.3 is 20.1 Å². The predicted molar refractivity (Wildman–Crippen MR) is 71.6 cm³/mol. The molecule has 0 aliphatic carbocycles. The standard InChI is InChI=1S/C13H18N2O5/c1-13(2,3)20-12(19)15-9(11(17)18)6-8-4-5-10(16)14-7-8/h4-5,7,9H,6H2,1-3H3,(H,14,16)(H,15,19)(H,17,18)/t9-/m0/s1. The van der Waals surface area contributed by atoms with Gasteiger partial charge in [-0.25, -0.2) is 9.59 Å². The van der Waals surface area contributed by atoms with Crippen LogP contribution >= 0.6 is 0 Å². The van der Waals surface area contributed by atoms with Crippen LogP contribution in [-0.2, 0) is 16.0 Å². The van der Waals surface area contributed by atoms with Crippen molar-refractivity contribution in [3.05, 3.63) is 34.2 Å². The van der Waals surface area contributed by atoms with Gasteiger partial charge in [-0.1, -0.05) is 6.07 Å². The Balaban J connectivity index is 2.70. The molecule has 0 aliphatic heterocycles. The number of amides is 1. The number of carboxylic acids is 1. The second-order valence-electron chi connectivity index (χ2n) is 5.30. The number of ether oxygens (including phenoxy) is 1. The molecular weight excluding hydrogens is 264 g/mol. The Bertz CT molecular complexity index is 524. The van der Waals surface area contributed by atoms with Crippen LogP contribution in [0.3, 0.4) is 0 Å². The van der Waals surface area contributed by atoms with E-state index >= 15 is 0 Å². The topological polar surface area (TPSA) is 108 Å². The van der Waals surface area contributed by atoms with Gasteiger partial charge in [0.05, 0.1) is 0 Å². The Labute approximate surface area is 116 Å². The molecule has 1 atom stereocenters. The van der Waals surface area contributed by atoms with Crippen molar-refractivity contribution in [2.24, 2.45) is 0 Å². The molecule has 0 aromatic carbocycles. The number of rotatable bonds is 4. The van der Waals surface area contributed by atoms with Gasteiger partial charge in [-0.05, 0) is 26.3 Å². The van der Waals surface area contributed by atoms with Crippen molar-refractivity contribution in [1.29, 1.82) is 0 Å². The van der Waals surface area contributed by atoms with E-state index in [1.54, 1.807) is 20.8 Å². The summed E-state index contributed by atoms with van der Waals surface area (Å²) in [6, 6.07) is 1.67. The zero-order valence-electron chi connectivity index (χ0n) is 11.6. The third-order valence-corrected chi connectivity index (χ3v) is 2.28. The molecule has 7 nitrogen and oxygen atoms in total. The van der Waals surface area contributed by atoms with Gasteiger partial charge in [-0.3, -0.25) is 4.79 Å². The number of nitrogens with one attached hydrogen (secondary N) is 2. The van der Waals surface area contributed by atoms with Gasteiger partial charge in [0.15, 0.2) is 0 Å². The molecule has 1 amide bonds. The summed E-state index contributed by atoms with van der Waals surface area (Å²) in [4.78, 5) is 36.1. The number of alkyl carbamates (subject to hydrolysis) is 1. The lowest BCUT2D eigenvalue weighted by atomic mass is 10.1. The molecule has 0 saturated carbocycles. The first-order valence-electron chi connectivity index (χ1n) is 6.07.